The fraction of sp³-hybridized carbons (Fsp3) is 0.286. The quantitative estimate of drug-likeness (QED) is 0.207. The molecule has 1 saturated heterocycles. The minimum Gasteiger partial charge on any atom is -0.356 e. The molecule has 3 aromatic carbocycles. The second kappa shape index (κ2) is 10.6. The van der Waals surface area contributed by atoms with Crippen LogP contribution < -0.4 is 10.2 Å². The van der Waals surface area contributed by atoms with Crippen LogP contribution in [0.2, 0.25) is 0 Å². The zero-order chi connectivity index (χ0) is 28.8. The van der Waals surface area contributed by atoms with Crippen LogP contribution in [0.1, 0.15) is 70.9 Å². The Hall–Kier alpha value is -4.65. The van der Waals surface area contributed by atoms with Crippen molar-refractivity contribution in [2.75, 3.05) is 11.4 Å². The number of anilines is 1. The molecule has 212 valence electrons. The molecular weight excluding hydrogens is 524 g/mol. The van der Waals surface area contributed by atoms with Gasteiger partial charge in [0.05, 0.1) is 11.3 Å². The molecule has 2 N–H and O–H groups in total. The lowest BCUT2D eigenvalue weighted by atomic mass is 9.88. The van der Waals surface area contributed by atoms with E-state index < -0.39 is 18.1 Å². The number of aromatic amines is 1. The van der Waals surface area contributed by atoms with Crippen molar-refractivity contribution >= 4 is 34.4 Å². The minimum absolute atomic E-state index is 0.279. The van der Waals surface area contributed by atoms with Crippen LogP contribution in [0, 0.1) is 6.92 Å². The molecule has 0 saturated carbocycles. The van der Waals surface area contributed by atoms with Gasteiger partial charge in [0, 0.05) is 29.6 Å². The van der Waals surface area contributed by atoms with Crippen LogP contribution in [0.4, 0.5) is 10.5 Å². The smallest absolute Gasteiger partial charge is 0.332 e. The molecular formula is C35H34N4O3. The summed E-state index contributed by atoms with van der Waals surface area (Å²) in [5.41, 5.74) is 7.07. The maximum atomic E-state index is 14.3. The highest BCUT2D eigenvalue weighted by atomic mass is 16.2. The molecule has 7 nitrogen and oxygen atoms in total. The van der Waals surface area contributed by atoms with Crippen molar-refractivity contribution in [3.05, 3.63) is 112 Å². The highest BCUT2D eigenvalue weighted by Gasteiger charge is 2.53. The second-order valence-electron chi connectivity index (χ2n) is 11.6. The average molecular weight is 559 g/mol. The number of hydrogen-bond acceptors (Lipinski definition) is 3. The van der Waals surface area contributed by atoms with Crippen molar-refractivity contribution in [1.82, 2.24) is 15.2 Å². The van der Waals surface area contributed by atoms with Gasteiger partial charge in [0.2, 0.25) is 0 Å². The number of amides is 4. The van der Waals surface area contributed by atoms with Crippen molar-refractivity contribution in [2.24, 2.45) is 0 Å². The summed E-state index contributed by atoms with van der Waals surface area (Å²) in [6.07, 6.45) is 8.12. The Labute approximate surface area is 245 Å². The first-order chi connectivity index (χ1) is 20.5. The van der Waals surface area contributed by atoms with Gasteiger partial charge >= 0.3 is 6.03 Å². The number of allylic oxidation sites excluding steroid dienone is 1. The summed E-state index contributed by atoms with van der Waals surface area (Å²) in [5.74, 6) is -0.584. The topological polar surface area (TPSA) is 85.5 Å². The van der Waals surface area contributed by atoms with Crippen molar-refractivity contribution in [1.29, 1.82) is 0 Å². The van der Waals surface area contributed by atoms with E-state index in [-0.39, 0.29) is 11.8 Å². The molecule has 2 atom stereocenters. The number of H-pyrrole nitrogens is 1. The summed E-state index contributed by atoms with van der Waals surface area (Å²) in [5, 5.41) is 4.09. The fourth-order valence-corrected chi connectivity index (χ4v) is 6.82. The molecule has 0 radical (unpaired) electrons. The van der Waals surface area contributed by atoms with Gasteiger partial charge in [0.15, 0.2) is 0 Å². The van der Waals surface area contributed by atoms with Gasteiger partial charge in [-0.2, -0.15) is 0 Å². The molecule has 0 bridgehead atoms. The monoisotopic (exact) mass is 558 g/mol. The number of urea groups is 1. The van der Waals surface area contributed by atoms with Crippen LogP contribution in [0.5, 0.6) is 0 Å². The first-order valence-corrected chi connectivity index (χ1v) is 14.9. The summed E-state index contributed by atoms with van der Waals surface area (Å²) in [4.78, 5) is 48.3. The lowest BCUT2D eigenvalue weighted by molar-refractivity contribution is -0.120. The zero-order valence-electron chi connectivity index (χ0n) is 23.7. The highest BCUT2D eigenvalue weighted by Crippen LogP contribution is 2.45. The van der Waals surface area contributed by atoms with Crippen LogP contribution in [0.3, 0.4) is 0 Å². The first kappa shape index (κ1) is 26.3. The number of benzene rings is 3. The van der Waals surface area contributed by atoms with Crippen LogP contribution in [-0.4, -0.2) is 40.3 Å². The van der Waals surface area contributed by atoms with Crippen molar-refractivity contribution < 1.29 is 14.4 Å². The molecule has 1 aromatic heterocycles. The number of nitrogens with one attached hydrogen (secondary N) is 2. The van der Waals surface area contributed by atoms with Gasteiger partial charge < -0.3 is 10.3 Å². The van der Waals surface area contributed by atoms with Gasteiger partial charge in [-0.05, 0) is 68.4 Å². The van der Waals surface area contributed by atoms with Crippen LogP contribution in [-0.2, 0) is 11.2 Å². The standard InChI is InChI=1S/C35H34N4O3/c1-22-15-17-24(18-16-22)32-31-27(25-11-5-7-13-28(25)37-31)21-30-34(41)39(35(42)38(30)32)29-14-8-6-12-26(29)33(40)36-20-19-23-9-3-2-4-10-23/h5-9,11-18,30,32,37H,2-4,10,19-21H2,1H3,(H,36,40)/t30-,32-/m0/s1. The predicted octanol–water partition coefficient (Wildman–Crippen LogP) is 6.58. The lowest BCUT2D eigenvalue weighted by Gasteiger charge is -2.36. The number of para-hydroxylation sites is 2. The number of aromatic nitrogens is 1. The maximum absolute atomic E-state index is 14.3. The van der Waals surface area contributed by atoms with E-state index >= 15 is 0 Å². The second-order valence-corrected chi connectivity index (χ2v) is 11.6. The molecule has 4 amide bonds. The van der Waals surface area contributed by atoms with Gasteiger partial charge in [0.25, 0.3) is 11.8 Å². The largest absolute Gasteiger partial charge is 0.356 e. The Kier molecular flexibility index (Phi) is 6.65. The lowest BCUT2D eigenvalue weighted by Crippen LogP contribution is -2.44. The van der Waals surface area contributed by atoms with E-state index in [2.05, 4.69) is 22.4 Å². The van der Waals surface area contributed by atoms with Gasteiger partial charge in [0.1, 0.15) is 12.1 Å². The van der Waals surface area contributed by atoms with Crippen molar-refractivity contribution in [3.63, 3.8) is 0 Å². The Morgan fingerprint density at radius 3 is 2.57 bits per heavy atom. The third-order valence-electron chi connectivity index (χ3n) is 8.95. The number of rotatable bonds is 6. The Morgan fingerprint density at radius 1 is 0.976 bits per heavy atom. The normalized spacial score (nSPS) is 20.0. The molecule has 7 heteroatoms. The van der Waals surface area contributed by atoms with Gasteiger partial charge in [-0.15, -0.1) is 0 Å². The Balaban J connectivity index is 1.24. The minimum atomic E-state index is -0.676. The molecule has 42 heavy (non-hydrogen) atoms. The number of carbonyl (C=O) groups is 3. The van der Waals surface area contributed by atoms with Gasteiger partial charge in [-0.25, -0.2) is 9.69 Å². The van der Waals surface area contributed by atoms with E-state index in [4.69, 9.17) is 0 Å². The third-order valence-corrected chi connectivity index (χ3v) is 8.95. The number of aryl methyl sites for hydroxylation is 1. The van der Waals surface area contributed by atoms with Gasteiger partial charge in [-0.3, -0.25) is 14.5 Å². The number of carbonyl (C=O) groups excluding carboxylic acids is 3. The molecule has 0 spiro atoms. The maximum Gasteiger partial charge on any atom is 0.332 e. The van der Waals surface area contributed by atoms with E-state index in [0.29, 0.717) is 24.2 Å². The average Bonchev–Trinajstić information content (AvgIpc) is 3.51. The number of fused-ring (bicyclic) bond motifs is 4. The SMILES string of the molecule is Cc1ccc([C@H]2c3[nH]c4ccccc4c3C[C@H]3C(=O)N(c4ccccc4C(=O)NCCC4=CCCCC4)C(=O)N23)cc1. The van der Waals surface area contributed by atoms with Gasteiger partial charge in [-0.1, -0.05) is 71.8 Å². The summed E-state index contributed by atoms with van der Waals surface area (Å²) in [7, 11) is 0. The predicted molar refractivity (Wildman–Crippen MR) is 163 cm³/mol. The Bertz CT molecular complexity index is 1730. The first-order valence-electron chi connectivity index (χ1n) is 14.9. The van der Waals surface area contributed by atoms with E-state index in [0.717, 1.165) is 52.5 Å². The molecule has 4 aromatic rings. The third kappa shape index (κ3) is 4.40. The molecule has 7 rings (SSSR count). The van der Waals surface area contributed by atoms with E-state index in [1.807, 2.05) is 49.4 Å². The summed E-state index contributed by atoms with van der Waals surface area (Å²) in [6, 6.07) is 21.6. The molecule has 2 aliphatic heterocycles. The molecule has 1 aliphatic carbocycles. The molecule has 1 fully saturated rings. The summed E-state index contributed by atoms with van der Waals surface area (Å²) < 4.78 is 0. The molecule has 3 aliphatic rings. The van der Waals surface area contributed by atoms with Crippen LogP contribution in [0.15, 0.2) is 84.4 Å². The zero-order valence-corrected chi connectivity index (χ0v) is 23.7. The van der Waals surface area contributed by atoms with Crippen molar-refractivity contribution in [2.45, 2.75) is 57.5 Å². The molecule has 3 heterocycles. The van der Waals surface area contributed by atoms with E-state index in [1.54, 1.807) is 29.2 Å². The van der Waals surface area contributed by atoms with E-state index in [1.165, 1.54) is 23.3 Å². The molecule has 0 unspecified atom stereocenters. The Morgan fingerprint density at radius 2 is 1.76 bits per heavy atom. The van der Waals surface area contributed by atoms with Crippen LogP contribution >= 0.6 is 0 Å². The summed E-state index contributed by atoms with van der Waals surface area (Å²) in [6.45, 7) is 2.55. The van der Waals surface area contributed by atoms with Crippen molar-refractivity contribution in [3.8, 4) is 0 Å². The highest BCUT2D eigenvalue weighted by molar-refractivity contribution is 6.24. The summed E-state index contributed by atoms with van der Waals surface area (Å²) >= 11 is 0. The number of imide groups is 1. The van der Waals surface area contributed by atoms with Crippen LogP contribution in [0.25, 0.3) is 10.9 Å². The van der Waals surface area contributed by atoms with E-state index in [9.17, 15) is 14.4 Å². The number of hydrogen-bond donors (Lipinski definition) is 2. The fourth-order valence-electron chi connectivity index (χ4n) is 6.82. The number of nitrogens with zero attached hydrogens (tertiary/aromatic N) is 2.